The van der Waals surface area contributed by atoms with Crippen molar-refractivity contribution in [2.24, 2.45) is 0 Å². The molecule has 1 heterocycles. The Balaban J connectivity index is 2.17. The number of amides is 2. The van der Waals surface area contributed by atoms with Crippen molar-refractivity contribution in [3.05, 3.63) is 53.9 Å². The van der Waals surface area contributed by atoms with E-state index in [1.807, 2.05) is 63.4 Å². The van der Waals surface area contributed by atoms with Gasteiger partial charge in [-0.15, -0.1) is 0 Å². The number of rotatable bonds is 15. The lowest BCUT2D eigenvalue weighted by molar-refractivity contribution is -0.147. The second-order valence-corrected chi connectivity index (χ2v) is 10.1. The quantitative estimate of drug-likeness (QED) is 0.257. The zero-order valence-electron chi connectivity index (χ0n) is 23.7. The molecule has 9 heteroatoms. The van der Waals surface area contributed by atoms with Crippen LogP contribution in [0.2, 0.25) is 0 Å². The van der Waals surface area contributed by atoms with Crippen molar-refractivity contribution < 1.29 is 28.6 Å². The van der Waals surface area contributed by atoms with Crippen molar-refractivity contribution in [1.29, 1.82) is 0 Å². The molecule has 0 aliphatic rings. The van der Waals surface area contributed by atoms with E-state index in [1.165, 1.54) is 4.90 Å². The molecule has 0 atom stereocenters. The van der Waals surface area contributed by atoms with Gasteiger partial charge in [-0.1, -0.05) is 12.1 Å². The summed E-state index contributed by atoms with van der Waals surface area (Å²) in [5, 5.41) is 0. The third kappa shape index (κ3) is 9.85. The molecule has 0 spiro atoms. The molecule has 2 amide bonds. The summed E-state index contributed by atoms with van der Waals surface area (Å²) in [6.45, 7) is 9.74. The molecule has 0 fully saturated rings. The summed E-state index contributed by atoms with van der Waals surface area (Å²) in [5.41, 5.74) is 1.59. The maximum atomic E-state index is 13.6. The van der Waals surface area contributed by atoms with Crippen LogP contribution in [0.15, 0.2) is 42.6 Å². The second-order valence-electron chi connectivity index (χ2n) is 10.1. The van der Waals surface area contributed by atoms with Gasteiger partial charge in [-0.2, -0.15) is 0 Å². The van der Waals surface area contributed by atoms with Crippen LogP contribution in [-0.4, -0.2) is 78.2 Å². The molecule has 0 radical (unpaired) electrons. The highest BCUT2D eigenvalue weighted by molar-refractivity contribution is 5.86. The highest BCUT2D eigenvalue weighted by Crippen LogP contribution is 2.21. The van der Waals surface area contributed by atoms with Crippen molar-refractivity contribution in [2.75, 3.05) is 40.5 Å². The van der Waals surface area contributed by atoms with E-state index in [4.69, 9.17) is 14.2 Å². The van der Waals surface area contributed by atoms with Crippen LogP contribution in [0.3, 0.4) is 0 Å². The molecule has 2 rings (SSSR count). The minimum Gasteiger partial charge on any atom is -0.497 e. The number of nitrogens with zero attached hydrogens (tertiary/aromatic N) is 3. The largest absolute Gasteiger partial charge is 0.497 e. The first kappa shape index (κ1) is 30.9. The van der Waals surface area contributed by atoms with E-state index < -0.39 is 11.5 Å². The minimum absolute atomic E-state index is 0.00198. The first-order valence-corrected chi connectivity index (χ1v) is 13.1. The van der Waals surface area contributed by atoms with E-state index in [1.54, 1.807) is 26.0 Å². The summed E-state index contributed by atoms with van der Waals surface area (Å²) in [7, 11) is 3.24. The number of hydrogen-bond acceptors (Lipinski definition) is 6. The number of carbonyl (C=O) groups excluding carboxylic acids is 3. The van der Waals surface area contributed by atoms with Gasteiger partial charge in [0.15, 0.2) is 0 Å². The van der Waals surface area contributed by atoms with Crippen LogP contribution in [0.4, 0.5) is 0 Å². The molecule has 9 nitrogen and oxygen atoms in total. The van der Waals surface area contributed by atoms with Crippen LogP contribution in [-0.2, 0) is 36.9 Å². The van der Waals surface area contributed by atoms with Gasteiger partial charge in [0, 0.05) is 50.7 Å². The number of ether oxygens (including phenoxy) is 3. The van der Waals surface area contributed by atoms with Gasteiger partial charge in [0.1, 0.15) is 5.75 Å². The zero-order chi connectivity index (χ0) is 28.1. The molecule has 1 aromatic heterocycles. The van der Waals surface area contributed by atoms with Crippen molar-refractivity contribution in [1.82, 2.24) is 14.4 Å². The minimum atomic E-state index is -0.478. The molecular weight excluding hydrogens is 486 g/mol. The van der Waals surface area contributed by atoms with Crippen LogP contribution < -0.4 is 4.74 Å². The fraction of sp³-hybridized carbons (Fsp3) is 0.552. The number of aromatic nitrogens is 1. The summed E-state index contributed by atoms with van der Waals surface area (Å²) in [4.78, 5) is 41.7. The van der Waals surface area contributed by atoms with E-state index in [0.717, 1.165) is 17.0 Å². The Bertz CT molecular complexity index is 1040. The van der Waals surface area contributed by atoms with Crippen LogP contribution in [0.25, 0.3) is 0 Å². The molecule has 0 N–H and O–H groups in total. The Morgan fingerprint density at radius 2 is 1.76 bits per heavy atom. The molecule has 210 valence electrons. The molecule has 0 aliphatic heterocycles. The number of hydrogen-bond donors (Lipinski definition) is 0. The van der Waals surface area contributed by atoms with Crippen LogP contribution >= 0.6 is 0 Å². The maximum absolute atomic E-state index is 13.6. The van der Waals surface area contributed by atoms with Crippen molar-refractivity contribution >= 4 is 17.8 Å². The average molecular weight is 530 g/mol. The summed E-state index contributed by atoms with van der Waals surface area (Å²) in [6, 6.07) is 11.9. The van der Waals surface area contributed by atoms with Gasteiger partial charge in [-0.25, -0.2) is 0 Å². The van der Waals surface area contributed by atoms with Gasteiger partial charge in [-0.3, -0.25) is 14.4 Å². The lowest BCUT2D eigenvalue weighted by Crippen LogP contribution is -2.50. The van der Waals surface area contributed by atoms with Crippen molar-refractivity contribution in [3.63, 3.8) is 0 Å². The van der Waals surface area contributed by atoms with E-state index in [-0.39, 0.29) is 37.8 Å². The molecule has 2 aromatic rings. The smallest absolute Gasteiger partial charge is 0.306 e. The molecule has 0 saturated heterocycles. The second kappa shape index (κ2) is 15.2. The summed E-state index contributed by atoms with van der Waals surface area (Å²) < 4.78 is 17.5. The SMILES string of the molecule is CCOC(=O)CCC(=O)N(CCCOC)CC(=O)N(Cc1cccn1Cc1cccc(OC)c1)C(C)(C)C. The van der Waals surface area contributed by atoms with Gasteiger partial charge >= 0.3 is 5.97 Å². The van der Waals surface area contributed by atoms with Gasteiger partial charge in [-0.05, 0) is 63.9 Å². The molecule has 38 heavy (non-hydrogen) atoms. The van der Waals surface area contributed by atoms with Crippen LogP contribution in [0.5, 0.6) is 5.75 Å². The maximum Gasteiger partial charge on any atom is 0.306 e. The van der Waals surface area contributed by atoms with Gasteiger partial charge in [0.05, 0.1) is 33.2 Å². The van der Waals surface area contributed by atoms with Crippen molar-refractivity contribution in [2.45, 2.75) is 65.6 Å². The van der Waals surface area contributed by atoms with E-state index in [0.29, 0.717) is 32.7 Å². The molecule has 1 aromatic carbocycles. The molecule has 0 aliphatic carbocycles. The predicted molar refractivity (Wildman–Crippen MR) is 146 cm³/mol. The Kier molecular flexibility index (Phi) is 12.3. The number of benzene rings is 1. The van der Waals surface area contributed by atoms with E-state index in [9.17, 15) is 14.4 Å². The summed E-state index contributed by atoms with van der Waals surface area (Å²) in [5.74, 6) is -0.0349. The highest BCUT2D eigenvalue weighted by atomic mass is 16.5. The van der Waals surface area contributed by atoms with Crippen LogP contribution in [0.1, 0.15) is 58.2 Å². The summed E-state index contributed by atoms with van der Waals surface area (Å²) >= 11 is 0. The number of methoxy groups -OCH3 is 2. The molecule has 0 unspecified atom stereocenters. The lowest BCUT2D eigenvalue weighted by atomic mass is 10.1. The Morgan fingerprint density at radius 1 is 1.00 bits per heavy atom. The highest BCUT2D eigenvalue weighted by Gasteiger charge is 2.30. The van der Waals surface area contributed by atoms with Gasteiger partial charge < -0.3 is 28.6 Å². The Hall–Kier alpha value is -3.33. The number of carbonyl (C=O) groups is 3. The topological polar surface area (TPSA) is 90.3 Å². The third-order valence-electron chi connectivity index (χ3n) is 6.15. The number of esters is 1. The lowest BCUT2D eigenvalue weighted by Gasteiger charge is -2.37. The van der Waals surface area contributed by atoms with E-state index >= 15 is 0 Å². The Labute approximate surface area is 226 Å². The standard InChI is InChI=1S/C29H43N3O6/c1-7-38-28(35)15-14-26(33)31(17-10-18-36-5)22-27(34)32(29(2,3)4)21-24-12-9-16-30(24)20-23-11-8-13-25(19-23)37-6/h8-9,11-13,16,19H,7,10,14-15,17-18,20-22H2,1-6H3. The molecule has 0 bridgehead atoms. The normalized spacial score (nSPS) is 11.2. The monoisotopic (exact) mass is 529 g/mol. The van der Waals surface area contributed by atoms with Crippen molar-refractivity contribution in [3.8, 4) is 5.75 Å². The summed E-state index contributed by atoms with van der Waals surface area (Å²) in [6.07, 6.45) is 2.57. The fourth-order valence-electron chi connectivity index (χ4n) is 4.12. The fourth-order valence-corrected chi connectivity index (χ4v) is 4.12. The van der Waals surface area contributed by atoms with Crippen LogP contribution in [0, 0.1) is 0 Å². The first-order valence-electron chi connectivity index (χ1n) is 13.1. The average Bonchev–Trinajstić information content (AvgIpc) is 3.31. The van der Waals surface area contributed by atoms with E-state index in [2.05, 4.69) is 4.57 Å². The third-order valence-corrected chi connectivity index (χ3v) is 6.15. The predicted octanol–water partition coefficient (Wildman–Crippen LogP) is 3.88. The van der Waals surface area contributed by atoms with Gasteiger partial charge in [0.2, 0.25) is 11.8 Å². The van der Waals surface area contributed by atoms with Gasteiger partial charge in [0.25, 0.3) is 0 Å². The Morgan fingerprint density at radius 3 is 2.42 bits per heavy atom. The first-order chi connectivity index (χ1) is 18.1. The zero-order valence-corrected chi connectivity index (χ0v) is 23.7. The molecular formula is C29H43N3O6. The molecule has 0 saturated carbocycles.